The van der Waals surface area contributed by atoms with Crippen LogP contribution < -0.4 is 9.47 Å². The zero-order valence-corrected chi connectivity index (χ0v) is 17.1. The summed E-state index contributed by atoms with van der Waals surface area (Å²) in [6.07, 6.45) is 4.40. The average Bonchev–Trinajstić information content (AvgIpc) is 3.10. The Morgan fingerprint density at radius 3 is 2.54 bits per heavy atom. The highest BCUT2D eigenvalue weighted by Gasteiger charge is 2.12. The summed E-state index contributed by atoms with van der Waals surface area (Å²) in [6, 6.07) is 15.9. The Hall–Kier alpha value is -2.80. The van der Waals surface area contributed by atoms with Crippen molar-refractivity contribution in [2.75, 3.05) is 19.5 Å². The first-order valence-electron chi connectivity index (χ1n) is 9.21. The zero-order valence-electron chi connectivity index (χ0n) is 16.3. The molecule has 0 amide bonds. The lowest BCUT2D eigenvalue weighted by molar-refractivity contribution is 0.323. The molecule has 2 aromatic carbocycles. The molecule has 3 aromatic rings. The summed E-state index contributed by atoms with van der Waals surface area (Å²) in [4.78, 5) is 0. The van der Waals surface area contributed by atoms with Crippen LogP contribution in [0.2, 0.25) is 0 Å². The van der Waals surface area contributed by atoms with E-state index in [1.54, 1.807) is 10.9 Å². The van der Waals surface area contributed by atoms with Gasteiger partial charge in [0, 0.05) is 18.1 Å². The fourth-order valence-electron chi connectivity index (χ4n) is 2.71. The first-order valence-corrected chi connectivity index (χ1v) is 10.4. The normalized spacial score (nSPS) is 11.1. The lowest BCUT2D eigenvalue weighted by atomic mass is 10.1. The van der Waals surface area contributed by atoms with E-state index in [4.69, 9.17) is 9.47 Å². The molecule has 0 aliphatic rings. The minimum absolute atomic E-state index is 0.568. The Morgan fingerprint density at radius 2 is 1.82 bits per heavy atom. The number of hydrogen-bond acceptors (Lipinski definition) is 6. The van der Waals surface area contributed by atoms with Crippen molar-refractivity contribution < 1.29 is 9.47 Å². The molecule has 146 valence electrons. The third-order valence-electron chi connectivity index (χ3n) is 3.97. The highest BCUT2D eigenvalue weighted by molar-refractivity contribution is 7.98. The third kappa shape index (κ3) is 4.92. The van der Waals surface area contributed by atoms with E-state index in [9.17, 15) is 0 Å². The van der Waals surface area contributed by atoms with Crippen LogP contribution >= 0.6 is 11.8 Å². The molecule has 0 spiro atoms. The molecule has 0 radical (unpaired) electrons. The van der Waals surface area contributed by atoms with Crippen molar-refractivity contribution in [3.05, 3.63) is 65.5 Å². The topological polar surface area (TPSA) is 61.5 Å². The van der Waals surface area contributed by atoms with Crippen molar-refractivity contribution in [3.63, 3.8) is 0 Å². The average molecular weight is 397 g/mol. The van der Waals surface area contributed by atoms with Crippen molar-refractivity contribution in [1.29, 1.82) is 0 Å². The van der Waals surface area contributed by atoms with Crippen LogP contribution in [-0.4, -0.2) is 40.6 Å². The van der Waals surface area contributed by atoms with E-state index in [2.05, 4.69) is 27.4 Å². The van der Waals surface area contributed by atoms with Gasteiger partial charge in [-0.25, -0.2) is 0 Å². The van der Waals surface area contributed by atoms with Crippen molar-refractivity contribution in [3.8, 4) is 11.5 Å². The van der Waals surface area contributed by atoms with Gasteiger partial charge in [-0.15, -0.1) is 10.2 Å². The molecule has 0 bridgehead atoms. The van der Waals surface area contributed by atoms with Crippen LogP contribution in [0.1, 0.15) is 30.8 Å². The van der Waals surface area contributed by atoms with Gasteiger partial charge in [-0.3, -0.25) is 0 Å². The highest BCUT2D eigenvalue weighted by Crippen LogP contribution is 2.24. The summed E-state index contributed by atoms with van der Waals surface area (Å²) in [5.74, 6) is 2.30. The monoisotopic (exact) mass is 396 g/mol. The Labute approximate surface area is 169 Å². The predicted octanol–water partition coefficient (Wildman–Crippen LogP) is 4.27. The van der Waals surface area contributed by atoms with E-state index in [0.29, 0.717) is 19.6 Å². The van der Waals surface area contributed by atoms with Gasteiger partial charge < -0.3 is 9.47 Å². The van der Waals surface area contributed by atoms with E-state index in [-0.39, 0.29) is 0 Å². The maximum Gasteiger partial charge on any atom is 0.211 e. The second kappa shape index (κ2) is 9.94. The largest absolute Gasteiger partial charge is 0.494 e. The zero-order chi connectivity index (χ0) is 19.8. The number of rotatable bonds is 9. The molecule has 28 heavy (non-hydrogen) atoms. The maximum absolute atomic E-state index is 5.76. The van der Waals surface area contributed by atoms with Gasteiger partial charge in [0.25, 0.3) is 0 Å². The summed E-state index contributed by atoms with van der Waals surface area (Å²) < 4.78 is 13.1. The number of ether oxygens (including phenoxy) is 2. The standard InChI is InChI=1S/C21H24N4O2S/c1-4-26-18-12-11-17(19(14-18)27-5-2)15-22-25-20(23-24-21(25)28-3)13-16-9-7-6-8-10-16/h6-12,14-15H,4-5,13H2,1-3H3/b22-15-. The van der Waals surface area contributed by atoms with Crippen molar-refractivity contribution in [2.24, 2.45) is 5.10 Å². The van der Waals surface area contributed by atoms with E-state index >= 15 is 0 Å². The molecule has 0 unspecified atom stereocenters. The molecule has 0 aliphatic carbocycles. The summed E-state index contributed by atoms with van der Waals surface area (Å²) in [7, 11) is 0. The Balaban J connectivity index is 1.90. The summed E-state index contributed by atoms with van der Waals surface area (Å²) in [5, 5.41) is 14.0. The smallest absolute Gasteiger partial charge is 0.211 e. The van der Waals surface area contributed by atoms with Gasteiger partial charge in [0.15, 0.2) is 5.82 Å². The molecule has 0 fully saturated rings. The van der Waals surface area contributed by atoms with E-state index in [1.807, 2.05) is 56.5 Å². The molecule has 0 N–H and O–H groups in total. The lowest BCUT2D eigenvalue weighted by Crippen LogP contribution is -2.03. The van der Waals surface area contributed by atoms with Gasteiger partial charge in [-0.2, -0.15) is 9.78 Å². The molecular formula is C21H24N4O2S. The minimum atomic E-state index is 0.568. The molecule has 3 rings (SSSR count). The molecule has 0 aliphatic heterocycles. The van der Waals surface area contributed by atoms with Gasteiger partial charge in [0.05, 0.1) is 19.4 Å². The molecular weight excluding hydrogens is 372 g/mol. The fraction of sp³-hybridized carbons (Fsp3) is 0.286. The number of hydrogen-bond donors (Lipinski definition) is 0. The second-order valence-corrected chi connectivity index (χ2v) is 6.66. The van der Waals surface area contributed by atoms with Gasteiger partial charge in [0.1, 0.15) is 11.5 Å². The van der Waals surface area contributed by atoms with Gasteiger partial charge in [-0.1, -0.05) is 42.1 Å². The first-order chi connectivity index (χ1) is 13.7. The van der Waals surface area contributed by atoms with E-state index in [0.717, 1.165) is 33.6 Å². The molecule has 1 heterocycles. The fourth-order valence-corrected chi connectivity index (χ4v) is 3.15. The molecule has 0 saturated heterocycles. The number of aromatic nitrogens is 3. The van der Waals surface area contributed by atoms with Crippen LogP contribution in [0, 0.1) is 0 Å². The molecule has 7 heteroatoms. The van der Waals surface area contributed by atoms with Crippen molar-refractivity contribution >= 4 is 18.0 Å². The van der Waals surface area contributed by atoms with Crippen molar-refractivity contribution in [1.82, 2.24) is 14.9 Å². The van der Waals surface area contributed by atoms with Crippen LogP contribution in [0.4, 0.5) is 0 Å². The first kappa shape index (κ1) is 19.9. The summed E-state index contributed by atoms with van der Waals surface area (Å²) >= 11 is 1.51. The van der Waals surface area contributed by atoms with Gasteiger partial charge >= 0.3 is 0 Å². The molecule has 6 nitrogen and oxygen atoms in total. The highest BCUT2D eigenvalue weighted by atomic mass is 32.2. The van der Waals surface area contributed by atoms with Crippen LogP contribution in [0.25, 0.3) is 0 Å². The SMILES string of the molecule is CCOc1ccc(/C=N\n2c(Cc3ccccc3)nnc2SC)c(OCC)c1. The second-order valence-electron chi connectivity index (χ2n) is 5.89. The Kier molecular flexibility index (Phi) is 7.08. The minimum Gasteiger partial charge on any atom is -0.494 e. The number of nitrogens with zero attached hydrogens (tertiary/aromatic N) is 4. The van der Waals surface area contributed by atoms with Crippen LogP contribution in [-0.2, 0) is 6.42 Å². The van der Waals surface area contributed by atoms with Crippen LogP contribution in [0.15, 0.2) is 58.8 Å². The number of benzene rings is 2. The predicted molar refractivity (Wildman–Crippen MR) is 113 cm³/mol. The quantitative estimate of drug-likeness (QED) is 0.399. The summed E-state index contributed by atoms with van der Waals surface area (Å²) in [5.41, 5.74) is 2.03. The Morgan fingerprint density at radius 1 is 1.04 bits per heavy atom. The van der Waals surface area contributed by atoms with E-state index < -0.39 is 0 Å². The number of thioether (sulfide) groups is 1. The van der Waals surface area contributed by atoms with Gasteiger partial charge in [-0.05, 0) is 37.8 Å². The van der Waals surface area contributed by atoms with Crippen LogP contribution in [0.5, 0.6) is 11.5 Å². The van der Waals surface area contributed by atoms with Gasteiger partial charge in [0.2, 0.25) is 5.16 Å². The molecule has 0 saturated carbocycles. The molecule has 0 atom stereocenters. The Bertz CT molecular complexity index is 925. The molecule has 1 aromatic heterocycles. The third-order valence-corrected chi connectivity index (χ3v) is 4.59. The maximum atomic E-state index is 5.76. The van der Waals surface area contributed by atoms with Crippen LogP contribution in [0.3, 0.4) is 0 Å². The van der Waals surface area contributed by atoms with E-state index in [1.165, 1.54) is 11.8 Å². The summed E-state index contributed by atoms with van der Waals surface area (Å²) in [6.45, 7) is 5.09. The van der Waals surface area contributed by atoms with Crippen molar-refractivity contribution in [2.45, 2.75) is 25.4 Å². The lowest BCUT2D eigenvalue weighted by Gasteiger charge is -2.10.